The number of piperidine rings is 1. The minimum absolute atomic E-state index is 0. The van der Waals surface area contributed by atoms with Gasteiger partial charge in [0.1, 0.15) is 0 Å². The van der Waals surface area contributed by atoms with E-state index in [1.165, 1.54) is 12.8 Å². The number of hydrogen-bond acceptors (Lipinski definition) is 3. The molecule has 0 spiro atoms. The average Bonchev–Trinajstić information content (AvgIpc) is 3.05. The highest BCUT2D eigenvalue weighted by molar-refractivity contribution is 5.85. The molecule has 2 rings (SSSR count). The molecule has 1 saturated heterocycles. The van der Waals surface area contributed by atoms with Crippen LogP contribution in [0, 0.1) is 5.41 Å². The molecule has 5 heteroatoms. The largest absolute Gasteiger partial charge is 0.342 e. The van der Waals surface area contributed by atoms with E-state index in [1.807, 2.05) is 11.9 Å². The van der Waals surface area contributed by atoms with Crippen LogP contribution < -0.4 is 5.73 Å². The zero-order valence-corrected chi connectivity index (χ0v) is 12.5. The van der Waals surface area contributed by atoms with Gasteiger partial charge in [-0.1, -0.05) is 13.8 Å². The van der Waals surface area contributed by atoms with Crippen LogP contribution in [0.5, 0.6) is 0 Å². The maximum Gasteiger partial charge on any atom is 0.236 e. The Hall–Kier alpha value is -0.320. The van der Waals surface area contributed by atoms with Crippen molar-refractivity contribution in [1.82, 2.24) is 9.80 Å². The van der Waals surface area contributed by atoms with E-state index in [-0.39, 0.29) is 29.8 Å². The molecular formula is C13H26ClN3O. The lowest BCUT2D eigenvalue weighted by atomic mass is 9.80. The summed E-state index contributed by atoms with van der Waals surface area (Å²) in [4.78, 5) is 16.2. The van der Waals surface area contributed by atoms with Crippen molar-refractivity contribution in [2.24, 2.45) is 11.1 Å². The van der Waals surface area contributed by atoms with E-state index in [0.717, 1.165) is 19.5 Å². The van der Waals surface area contributed by atoms with Crippen LogP contribution in [-0.2, 0) is 4.79 Å². The quantitative estimate of drug-likeness (QED) is 0.839. The normalized spacial score (nSPS) is 27.4. The van der Waals surface area contributed by atoms with Gasteiger partial charge in [-0.3, -0.25) is 9.69 Å². The molecule has 2 fully saturated rings. The first-order chi connectivity index (χ1) is 7.90. The maximum absolute atomic E-state index is 12.0. The van der Waals surface area contributed by atoms with E-state index in [2.05, 4.69) is 18.7 Å². The molecule has 0 aromatic heterocycles. The number of likely N-dealkylation sites (N-methyl/N-ethyl adjacent to an activating group) is 1. The van der Waals surface area contributed by atoms with Gasteiger partial charge in [0.2, 0.25) is 5.91 Å². The Morgan fingerprint density at radius 1 is 1.39 bits per heavy atom. The summed E-state index contributed by atoms with van der Waals surface area (Å²) in [6, 6.07) is 0.776. The van der Waals surface area contributed by atoms with E-state index in [0.29, 0.717) is 12.6 Å². The molecule has 1 saturated carbocycles. The van der Waals surface area contributed by atoms with Crippen molar-refractivity contribution >= 4 is 18.3 Å². The zero-order valence-electron chi connectivity index (χ0n) is 11.7. The van der Waals surface area contributed by atoms with E-state index < -0.39 is 0 Å². The molecule has 106 valence electrons. The van der Waals surface area contributed by atoms with Gasteiger partial charge in [0.25, 0.3) is 0 Å². The summed E-state index contributed by atoms with van der Waals surface area (Å²) in [6.07, 6.45) is 3.35. The van der Waals surface area contributed by atoms with E-state index in [9.17, 15) is 4.79 Å². The van der Waals surface area contributed by atoms with Gasteiger partial charge < -0.3 is 10.6 Å². The predicted octanol–water partition coefficient (Wildman–Crippen LogP) is 1.09. The summed E-state index contributed by atoms with van der Waals surface area (Å²) < 4.78 is 0. The lowest BCUT2D eigenvalue weighted by molar-refractivity contribution is -0.132. The second kappa shape index (κ2) is 5.76. The molecule has 18 heavy (non-hydrogen) atoms. The Morgan fingerprint density at radius 2 is 2.00 bits per heavy atom. The van der Waals surface area contributed by atoms with E-state index >= 15 is 0 Å². The van der Waals surface area contributed by atoms with Gasteiger partial charge in [-0.2, -0.15) is 0 Å². The third-order valence-corrected chi connectivity index (χ3v) is 4.24. The van der Waals surface area contributed by atoms with Crippen LogP contribution in [0.15, 0.2) is 0 Å². The zero-order chi connectivity index (χ0) is 12.6. The number of rotatable bonds is 3. The summed E-state index contributed by atoms with van der Waals surface area (Å²) in [5, 5.41) is 0. The molecule has 1 aliphatic heterocycles. The van der Waals surface area contributed by atoms with Crippen LogP contribution in [0.25, 0.3) is 0 Å². The molecule has 0 aromatic rings. The van der Waals surface area contributed by atoms with Gasteiger partial charge in [0.15, 0.2) is 0 Å². The van der Waals surface area contributed by atoms with Crippen LogP contribution in [0.4, 0.5) is 0 Å². The Bertz CT molecular complexity index is 305. The van der Waals surface area contributed by atoms with Crippen LogP contribution in [0.2, 0.25) is 0 Å². The number of carbonyl (C=O) groups is 1. The standard InChI is InChI=1S/C13H25N3O.ClH/c1-13(2)9-16(7-6-11(13)14)8-12(17)15(3)10-4-5-10;/h10-11H,4-9,14H2,1-3H3;1H. The lowest BCUT2D eigenvalue weighted by Crippen LogP contribution is -2.54. The average molecular weight is 276 g/mol. The minimum Gasteiger partial charge on any atom is -0.342 e. The van der Waals surface area contributed by atoms with Gasteiger partial charge in [-0.25, -0.2) is 0 Å². The van der Waals surface area contributed by atoms with Crippen molar-refractivity contribution in [2.75, 3.05) is 26.7 Å². The number of carbonyl (C=O) groups excluding carboxylic acids is 1. The first-order valence-electron chi connectivity index (χ1n) is 6.64. The van der Waals surface area contributed by atoms with Gasteiger partial charge in [0, 0.05) is 32.2 Å². The number of nitrogens with zero attached hydrogens (tertiary/aromatic N) is 2. The lowest BCUT2D eigenvalue weighted by Gasteiger charge is -2.42. The highest BCUT2D eigenvalue weighted by Crippen LogP contribution is 2.28. The van der Waals surface area contributed by atoms with Crippen molar-refractivity contribution in [3.05, 3.63) is 0 Å². The van der Waals surface area contributed by atoms with Gasteiger partial charge >= 0.3 is 0 Å². The second-order valence-electron chi connectivity index (χ2n) is 6.33. The molecule has 2 N–H and O–H groups in total. The summed E-state index contributed by atoms with van der Waals surface area (Å²) >= 11 is 0. The molecule has 2 aliphatic rings. The van der Waals surface area contributed by atoms with Gasteiger partial charge in [-0.05, 0) is 24.7 Å². The first-order valence-corrected chi connectivity index (χ1v) is 6.64. The Balaban J connectivity index is 0.00000162. The summed E-state index contributed by atoms with van der Waals surface area (Å²) in [5.74, 6) is 0.263. The van der Waals surface area contributed by atoms with Crippen LogP contribution >= 0.6 is 12.4 Å². The second-order valence-corrected chi connectivity index (χ2v) is 6.33. The third kappa shape index (κ3) is 3.59. The van der Waals surface area contributed by atoms with Crippen LogP contribution in [0.3, 0.4) is 0 Å². The molecule has 0 bridgehead atoms. The maximum atomic E-state index is 12.0. The molecule has 1 amide bonds. The molecule has 0 radical (unpaired) electrons. The van der Waals surface area contributed by atoms with Crippen molar-refractivity contribution in [1.29, 1.82) is 0 Å². The Labute approximate surface area is 116 Å². The molecule has 1 heterocycles. The van der Waals surface area contributed by atoms with Crippen molar-refractivity contribution < 1.29 is 4.79 Å². The van der Waals surface area contributed by atoms with E-state index in [4.69, 9.17) is 5.73 Å². The fourth-order valence-corrected chi connectivity index (χ4v) is 2.59. The molecular weight excluding hydrogens is 250 g/mol. The topological polar surface area (TPSA) is 49.6 Å². The van der Waals surface area contributed by atoms with Crippen molar-refractivity contribution in [2.45, 2.75) is 45.2 Å². The Kier molecular flexibility index (Phi) is 5.04. The summed E-state index contributed by atoms with van der Waals surface area (Å²) in [5.41, 5.74) is 6.22. The Morgan fingerprint density at radius 3 is 2.50 bits per heavy atom. The molecule has 1 aliphatic carbocycles. The molecule has 4 nitrogen and oxygen atoms in total. The summed E-state index contributed by atoms with van der Waals surface area (Å²) in [6.45, 7) is 6.83. The molecule has 1 atom stereocenters. The highest BCUT2D eigenvalue weighted by Gasteiger charge is 2.35. The molecule has 0 aromatic carbocycles. The fourth-order valence-electron chi connectivity index (χ4n) is 2.59. The SMILES string of the molecule is CN(C(=O)CN1CCC(N)C(C)(C)C1)C1CC1.Cl. The summed E-state index contributed by atoms with van der Waals surface area (Å²) in [7, 11) is 1.93. The first kappa shape index (κ1) is 15.7. The number of halogens is 1. The number of hydrogen-bond donors (Lipinski definition) is 1. The highest BCUT2D eigenvalue weighted by atomic mass is 35.5. The number of nitrogens with two attached hydrogens (primary N) is 1. The van der Waals surface area contributed by atoms with Gasteiger partial charge in [0.05, 0.1) is 6.54 Å². The van der Waals surface area contributed by atoms with Crippen LogP contribution in [-0.4, -0.2) is 54.5 Å². The van der Waals surface area contributed by atoms with Gasteiger partial charge in [-0.15, -0.1) is 12.4 Å². The number of likely N-dealkylation sites (tertiary alicyclic amines) is 1. The van der Waals surface area contributed by atoms with Crippen molar-refractivity contribution in [3.8, 4) is 0 Å². The van der Waals surface area contributed by atoms with Crippen molar-refractivity contribution in [3.63, 3.8) is 0 Å². The van der Waals surface area contributed by atoms with Crippen LogP contribution in [0.1, 0.15) is 33.1 Å². The fraction of sp³-hybridized carbons (Fsp3) is 0.923. The monoisotopic (exact) mass is 275 g/mol. The third-order valence-electron chi connectivity index (χ3n) is 4.24. The minimum atomic E-state index is 0. The van der Waals surface area contributed by atoms with E-state index in [1.54, 1.807) is 0 Å². The smallest absolute Gasteiger partial charge is 0.236 e. The number of amides is 1. The predicted molar refractivity (Wildman–Crippen MR) is 75.9 cm³/mol. The molecule has 1 unspecified atom stereocenters.